The van der Waals surface area contributed by atoms with Crippen LogP contribution in [0.4, 0.5) is 10.6 Å². The molecule has 2 aromatic rings. The monoisotopic (exact) mass is 557 g/mol. The molecule has 0 unspecified atom stereocenters. The van der Waals surface area contributed by atoms with Gasteiger partial charge in [-0.1, -0.05) is 23.2 Å². The zero-order valence-electron chi connectivity index (χ0n) is 19.9. The lowest BCUT2D eigenvalue weighted by molar-refractivity contribution is 0.0963. The number of sulfonamides is 1. The molecule has 0 atom stereocenters. The molecule has 13 heteroatoms. The largest absolute Gasteiger partial charge is 0.467 e. The highest BCUT2D eigenvalue weighted by Gasteiger charge is 2.34. The van der Waals surface area contributed by atoms with Gasteiger partial charge in [-0.2, -0.15) is 9.29 Å². The normalized spacial score (nSPS) is 18.2. The number of nitrogens with zero attached hydrogens (tertiary/aromatic N) is 5. The molecule has 2 aliphatic rings. The maximum absolute atomic E-state index is 13.1. The van der Waals surface area contributed by atoms with Crippen LogP contribution in [-0.4, -0.2) is 84.7 Å². The van der Waals surface area contributed by atoms with Crippen LogP contribution in [0.25, 0.3) is 0 Å². The lowest BCUT2D eigenvalue weighted by atomic mass is 9.95. The third-order valence-electron chi connectivity index (χ3n) is 6.82. The van der Waals surface area contributed by atoms with E-state index in [0.717, 1.165) is 5.82 Å². The van der Waals surface area contributed by atoms with Crippen LogP contribution in [0.5, 0.6) is 6.01 Å². The van der Waals surface area contributed by atoms with Crippen LogP contribution in [0.2, 0.25) is 10.0 Å². The SMILES string of the molecule is COc1nccc(N2CCC(N(CC3CCN(S(=O)(=O)c4ccc(Cl)cc4Cl)CC3)C(=O)O)CC2)n1. The predicted molar refractivity (Wildman–Crippen MR) is 136 cm³/mol. The molecule has 36 heavy (non-hydrogen) atoms. The standard InChI is InChI=1S/C23H29Cl2N5O5S/c1-35-22-26-9-4-21(27-22)28-10-7-18(8-11-28)30(23(31)32)15-16-5-12-29(13-6-16)36(33,34)20-3-2-17(24)14-19(20)25/h2-4,9,14,16,18H,5-8,10-13,15H2,1H3,(H,31,32). The number of aromatic nitrogens is 2. The lowest BCUT2D eigenvalue weighted by Gasteiger charge is -2.40. The minimum Gasteiger partial charge on any atom is -0.467 e. The van der Waals surface area contributed by atoms with Crippen LogP contribution in [0.15, 0.2) is 35.4 Å². The second-order valence-electron chi connectivity index (χ2n) is 8.98. The molecule has 3 heterocycles. The van der Waals surface area contributed by atoms with E-state index >= 15 is 0 Å². The van der Waals surface area contributed by atoms with Crippen molar-refractivity contribution >= 4 is 45.1 Å². The Hall–Kier alpha value is -2.34. The Balaban J connectivity index is 1.33. The first-order chi connectivity index (χ1) is 17.2. The number of rotatable bonds is 7. The van der Waals surface area contributed by atoms with Crippen molar-refractivity contribution in [2.75, 3.05) is 44.7 Å². The van der Waals surface area contributed by atoms with Gasteiger partial charge >= 0.3 is 12.1 Å². The summed E-state index contributed by atoms with van der Waals surface area (Å²) in [5.74, 6) is 0.842. The number of ether oxygens (including phenoxy) is 1. The average molecular weight is 558 g/mol. The smallest absolute Gasteiger partial charge is 0.407 e. The number of amides is 1. The van der Waals surface area contributed by atoms with Gasteiger partial charge in [0.2, 0.25) is 10.0 Å². The molecular weight excluding hydrogens is 529 g/mol. The van der Waals surface area contributed by atoms with Crippen LogP contribution < -0.4 is 9.64 Å². The summed E-state index contributed by atoms with van der Waals surface area (Å²) < 4.78 is 32.6. The quantitative estimate of drug-likeness (QED) is 0.545. The van der Waals surface area contributed by atoms with Gasteiger partial charge in [0.25, 0.3) is 0 Å². The minimum atomic E-state index is -3.75. The van der Waals surface area contributed by atoms with Crippen LogP contribution in [0.1, 0.15) is 25.7 Å². The second-order valence-corrected chi connectivity index (χ2v) is 11.7. The molecule has 2 fully saturated rings. The van der Waals surface area contributed by atoms with Gasteiger partial charge in [0.15, 0.2) is 0 Å². The van der Waals surface area contributed by atoms with Crippen LogP contribution in [0, 0.1) is 5.92 Å². The first-order valence-corrected chi connectivity index (χ1v) is 14.0. The highest BCUT2D eigenvalue weighted by Crippen LogP contribution is 2.31. The van der Waals surface area contributed by atoms with E-state index in [2.05, 4.69) is 14.9 Å². The number of hydrogen-bond donors (Lipinski definition) is 1. The number of carboxylic acid groups (broad SMARTS) is 1. The number of hydrogen-bond acceptors (Lipinski definition) is 7. The van der Waals surface area contributed by atoms with Gasteiger partial charge in [-0.25, -0.2) is 18.2 Å². The molecule has 2 aliphatic heterocycles. The molecule has 4 rings (SSSR count). The molecular formula is C23H29Cl2N5O5S. The highest BCUT2D eigenvalue weighted by molar-refractivity contribution is 7.89. The molecule has 1 amide bonds. The van der Waals surface area contributed by atoms with E-state index in [0.29, 0.717) is 69.4 Å². The fraction of sp³-hybridized carbons (Fsp3) is 0.522. The van der Waals surface area contributed by atoms with Crippen molar-refractivity contribution in [1.82, 2.24) is 19.2 Å². The zero-order valence-corrected chi connectivity index (χ0v) is 22.2. The van der Waals surface area contributed by atoms with Crippen molar-refractivity contribution in [1.29, 1.82) is 0 Å². The number of piperidine rings is 2. The maximum Gasteiger partial charge on any atom is 0.407 e. The molecule has 0 aliphatic carbocycles. The Morgan fingerprint density at radius 3 is 2.44 bits per heavy atom. The number of anilines is 1. The van der Waals surface area contributed by atoms with Crippen molar-refractivity contribution < 1.29 is 23.1 Å². The summed E-state index contributed by atoms with van der Waals surface area (Å²) in [6, 6.07) is 6.36. The fourth-order valence-corrected chi connectivity index (χ4v) is 7.05. The minimum absolute atomic E-state index is 0.0345. The predicted octanol–water partition coefficient (Wildman–Crippen LogP) is 3.84. The van der Waals surface area contributed by atoms with E-state index < -0.39 is 16.1 Å². The molecule has 1 N–H and O–H groups in total. The summed E-state index contributed by atoms with van der Waals surface area (Å²) in [5.41, 5.74) is 0. The van der Waals surface area contributed by atoms with E-state index in [1.54, 1.807) is 6.20 Å². The second kappa shape index (κ2) is 11.4. The van der Waals surface area contributed by atoms with Crippen molar-refractivity contribution in [2.24, 2.45) is 5.92 Å². The summed E-state index contributed by atoms with van der Waals surface area (Å²) >= 11 is 12.0. The van der Waals surface area contributed by atoms with Gasteiger partial charge in [-0.05, 0) is 55.9 Å². The molecule has 1 aromatic heterocycles. The molecule has 0 radical (unpaired) electrons. The van der Waals surface area contributed by atoms with Gasteiger partial charge in [0, 0.05) is 50.0 Å². The maximum atomic E-state index is 13.1. The van der Waals surface area contributed by atoms with Gasteiger partial charge in [0.1, 0.15) is 10.7 Å². The van der Waals surface area contributed by atoms with Gasteiger partial charge < -0.3 is 19.6 Å². The van der Waals surface area contributed by atoms with Crippen molar-refractivity contribution in [3.63, 3.8) is 0 Å². The Bertz CT molecular complexity index is 1190. The summed E-state index contributed by atoms with van der Waals surface area (Å²) in [6.45, 7) is 2.36. The fourth-order valence-electron chi connectivity index (χ4n) is 4.83. The molecule has 0 spiro atoms. The van der Waals surface area contributed by atoms with Gasteiger partial charge in [-0.15, -0.1) is 0 Å². The Morgan fingerprint density at radius 1 is 1.14 bits per heavy atom. The van der Waals surface area contributed by atoms with Crippen LogP contribution in [0.3, 0.4) is 0 Å². The average Bonchev–Trinajstić information content (AvgIpc) is 2.87. The molecule has 10 nitrogen and oxygen atoms in total. The van der Waals surface area contributed by atoms with Gasteiger partial charge in [-0.3, -0.25) is 0 Å². The van der Waals surface area contributed by atoms with Gasteiger partial charge in [0.05, 0.1) is 12.1 Å². The number of benzene rings is 1. The first-order valence-electron chi connectivity index (χ1n) is 11.8. The number of halogens is 2. The zero-order chi connectivity index (χ0) is 25.9. The van der Waals surface area contributed by atoms with Crippen LogP contribution in [-0.2, 0) is 10.0 Å². The Kier molecular flexibility index (Phi) is 8.44. The summed E-state index contributed by atoms with van der Waals surface area (Å²) in [5, 5.41) is 10.4. The van der Waals surface area contributed by atoms with Crippen LogP contribution >= 0.6 is 23.2 Å². The number of carbonyl (C=O) groups is 1. The van der Waals surface area contributed by atoms with Crippen molar-refractivity contribution in [3.05, 3.63) is 40.5 Å². The summed E-state index contributed by atoms with van der Waals surface area (Å²) in [6.07, 6.45) is 3.22. The molecule has 2 saturated heterocycles. The van der Waals surface area contributed by atoms with E-state index in [4.69, 9.17) is 27.9 Å². The van der Waals surface area contributed by atoms with E-state index in [-0.39, 0.29) is 21.9 Å². The van der Waals surface area contributed by atoms with Crippen molar-refractivity contribution in [3.8, 4) is 6.01 Å². The van der Waals surface area contributed by atoms with Crippen molar-refractivity contribution in [2.45, 2.75) is 36.6 Å². The summed E-state index contributed by atoms with van der Waals surface area (Å²) in [4.78, 5) is 24.2. The molecule has 196 valence electrons. The van der Waals surface area contributed by atoms with E-state index in [9.17, 15) is 18.3 Å². The molecule has 1 aromatic carbocycles. The summed E-state index contributed by atoms with van der Waals surface area (Å²) in [7, 11) is -2.23. The highest BCUT2D eigenvalue weighted by atomic mass is 35.5. The van der Waals surface area contributed by atoms with E-state index in [1.165, 1.54) is 34.5 Å². The number of methoxy groups -OCH3 is 1. The third kappa shape index (κ3) is 5.96. The lowest BCUT2D eigenvalue weighted by Crippen LogP contribution is -2.50. The third-order valence-corrected chi connectivity index (χ3v) is 9.43. The first kappa shape index (κ1) is 26.7. The topological polar surface area (TPSA) is 116 Å². The Labute approximate surface area is 220 Å². The van der Waals surface area contributed by atoms with E-state index in [1.807, 2.05) is 6.07 Å². The Morgan fingerprint density at radius 2 is 1.83 bits per heavy atom. The molecule has 0 saturated carbocycles. The molecule has 0 bridgehead atoms.